The summed E-state index contributed by atoms with van der Waals surface area (Å²) in [5, 5.41) is 0.299. The molecule has 0 spiro atoms. The van der Waals surface area contributed by atoms with E-state index in [0.717, 1.165) is 19.4 Å². The van der Waals surface area contributed by atoms with Gasteiger partial charge >= 0.3 is 0 Å². The lowest BCUT2D eigenvalue weighted by molar-refractivity contribution is 0.131. The average molecular weight is 215 g/mol. The van der Waals surface area contributed by atoms with Crippen molar-refractivity contribution < 1.29 is 4.43 Å². The summed E-state index contributed by atoms with van der Waals surface area (Å²) in [6, 6.07) is 0. The Balaban J connectivity index is 2.44. The van der Waals surface area contributed by atoms with Gasteiger partial charge in [-0.15, -0.1) is 0 Å². The molecule has 1 saturated carbocycles. The third kappa shape index (κ3) is 2.58. The minimum atomic E-state index is -1.58. The van der Waals surface area contributed by atoms with Crippen LogP contribution in [0.2, 0.25) is 18.1 Å². The molecular formula is C11H25NOSi. The fourth-order valence-electron chi connectivity index (χ4n) is 1.32. The van der Waals surface area contributed by atoms with Crippen LogP contribution in [0.15, 0.2) is 0 Å². The summed E-state index contributed by atoms with van der Waals surface area (Å²) in [6.45, 7) is 12.1. The normalized spacial score (nSPS) is 21.9. The molecular weight excluding hydrogens is 190 g/mol. The highest BCUT2D eigenvalue weighted by Gasteiger charge is 2.41. The molecule has 0 radical (unpaired) electrons. The third-order valence-corrected chi connectivity index (χ3v) is 8.35. The second-order valence-corrected chi connectivity index (χ2v) is 11.1. The second kappa shape index (κ2) is 3.61. The minimum absolute atomic E-state index is 0.00944. The van der Waals surface area contributed by atoms with E-state index in [9.17, 15) is 0 Å². The van der Waals surface area contributed by atoms with Crippen LogP contribution in [0.4, 0.5) is 0 Å². The molecule has 0 heterocycles. The highest BCUT2D eigenvalue weighted by Crippen LogP contribution is 2.38. The van der Waals surface area contributed by atoms with Crippen LogP contribution >= 0.6 is 0 Å². The lowest BCUT2D eigenvalue weighted by atomic mass is 9.79. The van der Waals surface area contributed by atoms with Gasteiger partial charge in [0.25, 0.3) is 0 Å². The molecule has 0 aromatic heterocycles. The highest BCUT2D eigenvalue weighted by atomic mass is 28.4. The Morgan fingerprint density at radius 1 is 1.29 bits per heavy atom. The highest BCUT2D eigenvalue weighted by molar-refractivity contribution is 6.74. The topological polar surface area (TPSA) is 35.2 Å². The van der Waals surface area contributed by atoms with Crippen molar-refractivity contribution in [3.63, 3.8) is 0 Å². The predicted molar refractivity (Wildman–Crippen MR) is 63.9 cm³/mol. The van der Waals surface area contributed by atoms with Gasteiger partial charge in [0, 0.05) is 5.54 Å². The molecule has 0 bridgehead atoms. The van der Waals surface area contributed by atoms with Gasteiger partial charge in [0.2, 0.25) is 0 Å². The Morgan fingerprint density at radius 2 is 1.79 bits per heavy atom. The van der Waals surface area contributed by atoms with Gasteiger partial charge in [-0.05, 0) is 37.4 Å². The molecule has 14 heavy (non-hydrogen) atoms. The van der Waals surface area contributed by atoms with Crippen LogP contribution in [-0.4, -0.2) is 20.5 Å². The SMILES string of the molecule is CC(C)(C)[Si](C)(C)OCC1(N)CCC1. The van der Waals surface area contributed by atoms with E-state index in [-0.39, 0.29) is 5.54 Å². The number of rotatable bonds is 3. The molecule has 1 fully saturated rings. The van der Waals surface area contributed by atoms with Gasteiger partial charge < -0.3 is 10.2 Å². The molecule has 0 atom stereocenters. The molecule has 1 aliphatic carbocycles. The first-order chi connectivity index (χ1) is 6.16. The molecule has 0 saturated heterocycles. The lowest BCUT2D eigenvalue weighted by Crippen LogP contribution is -2.54. The van der Waals surface area contributed by atoms with Crippen molar-refractivity contribution in [3.8, 4) is 0 Å². The quantitative estimate of drug-likeness (QED) is 0.735. The van der Waals surface area contributed by atoms with Gasteiger partial charge in [0.15, 0.2) is 8.32 Å². The van der Waals surface area contributed by atoms with Crippen LogP contribution in [0.5, 0.6) is 0 Å². The van der Waals surface area contributed by atoms with Crippen molar-refractivity contribution in [2.75, 3.05) is 6.61 Å². The Morgan fingerprint density at radius 3 is 2.07 bits per heavy atom. The van der Waals surface area contributed by atoms with Crippen molar-refractivity contribution in [3.05, 3.63) is 0 Å². The maximum Gasteiger partial charge on any atom is 0.192 e. The van der Waals surface area contributed by atoms with Crippen molar-refractivity contribution in [1.29, 1.82) is 0 Å². The van der Waals surface area contributed by atoms with Crippen LogP contribution in [0.25, 0.3) is 0 Å². The van der Waals surface area contributed by atoms with Crippen LogP contribution in [-0.2, 0) is 4.43 Å². The van der Waals surface area contributed by atoms with Crippen molar-refractivity contribution in [1.82, 2.24) is 0 Å². The maximum atomic E-state index is 6.15. The van der Waals surface area contributed by atoms with Crippen molar-refractivity contribution in [2.45, 2.75) is 63.7 Å². The van der Waals surface area contributed by atoms with E-state index in [0.29, 0.717) is 5.04 Å². The fourth-order valence-corrected chi connectivity index (χ4v) is 2.40. The lowest BCUT2D eigenvalue weighted by Gasteiger charge is -2.43. The van der Waals surface area contributed by atoms with E-state index in [1.165, 1.54) is 6.42 Å². The van der Waals surface area contributed by atoms with Crippen LogP contribution < -0.4 is 5.73 Å². The number of hydrogen-bond acceptors (Lipinski definition) is 2. The summed E-state index contributed by atoms with van der Waals surface area (Å²) in [7, 11) is -1.58. The van der Waals surface area contributed by atoms with Gasteiger partial charge in [-0.3, -0.25) is 0 Å². The minimum Gasteiger partial charge on any atom is -0.415 e. The Kier molecular flexibility index (Phi) is 3.15. The Labute approximate surface area is 89.3 Å². The first kappa shape index (κ1) is 12.2. The standard InChI is InChI=1S/C11H25NOSi/c1-10(2,3)14(4,5)13-9-11(12)7-6-8-11/h6-9,12H2,1-5H3. The second-order valence-electron chi connectivity index (χ2n) is 6.26. The van der Waals surface area contributed by atoms with Crippen molar-refractivity contribution >= 4 is 8.32 Å². The molecule has 84 valence electrons. The average Bonchev–Trinajstić information content (AvgIpc) is 1.95. The Hall–Kier alpha value is 0.137. The van der Waals surface area contributed by atoms with E-state index in [1.807, 2.05) is 0 Å². The zero-order valence-corrected chi connectivity index (χ0v) is 11.3. The van der Waals surface area contributed by atoms with Crippen molar-refractivity contribution in [2.24, 2.45) is 5.73 Å². The molecule has 0 aromatic rings. The van der Waals surface area contributed by atoms with Gasteiger partial charge in [-0.2, -0.15) is 0 Å². The molecule has 0 aromatic carbocycles. The smallest absolute Gasteiger partial charge is 0.192 e. The summed E-state index contributed by atoms with van der Waals surface area (Å²) in [5.74, 6) is 0. The zero-order valence-electron chi connectivity index (χ0n) is 10.3. The maximum absolute atomic E-state index is 6.15. The van der Waals surface area contributed by atoms with Crippen LogP contribution in [0.1, 0.15) is 40.0 Å². The molecule has 1 rings (SSSR count). The largest absolute Gasteiger partial charge is 0.415 e. The predicted octanol–water partition coefficient (Wildman–Crippen LogP) is 2.89. The zero-order chi connectivity index (χ0) is 11.0. The first-order valence-electron chi connectivity index (χ1n) is 5.59. The monoisotopic (exact) mass is 215 g/mol. The van der Waals surface area contributed by atoms with Crippen LogP contribution in [0.3, 0.4) is 0 Å². The molecule has 0 amide bonds. The van der Waals surface area contributed by atoms with Crippen LogP contribution in [0, 0.1) is 0 Å². The van der Waals surface area contributed by atoms with E-state index >= 15 is 0 Å². The molecule has 0 aliphatic heterocycles. The van der Waals surface area contributed by atoms with Gasteiger partial charge in [0.05, 0.1) is 6.61 Å². The fraction of sp³-hybridized carbons (Fsp3) is 1.00. The van der Waals surface area contributed by atoms with Gasteiger partial charge in [-0.25, -0.2) is 0 Å². The molecule has 0 unspecified atom stereocenters. The summed E-state index contributed by atoms with van der Waals surface area (Å²) in [5.41, 5.74) is 6.16. The third-order valence-electron chi connectivity index (χ3n) is 3.88. The van der Waals surface area contributed by atoms with E-state index < -0.39 is 8.32 Å². The summed E-state index contributed by atoms with van der Waals surface area (Å²) >= 11 is 0. The van der Waals surface area contributed by atoms with E-state index in [1.54, 1.807) is 0 Å². The molecule has 3 heteroatoms. The van der Waals surface area contributed by atoms with E-state index in [4.69, 9.17) is 10.2 Å². The number of hydrogen-bond donors (Lipinski definition) is 1. The van der Waals surface area contributed by atoms with Gasteiger partial charge in [-0.1, -0.05) is 20.8 Å². The summed E-state index contributed by atoms with van der Waals surface area (Å²) in [4.78, 5) is 0. The molecule has 1 aliphatic rings. The summed E-state index contributed by atoms with van der Waals surface area (Å²) < 4.78 is 6.11. The summed E-state index contributed by atoms with van der Waals surface area (Å²) in [6.07, 6.45) is 3.56. The Bertz CT molecular complexity index is 204. The number of nitrogens with two attached hydrogens (primary N) is 1. The molecule has 2 nitrogen and oxygen atoms in total. The van der Waals surface area contributed by atoms with Gasteiger partial charge in [0.1, 0.15) is 0 Å². The molecule has 2 N–H and O–H groups in total. The van der Waals surface area contributed by atoms with E-state index in [2.05, 4.69) is 33.9 Å². The first-order valence-corrected chi connectivity index (χ1v) is 8.50.